The van der Waals surface area contributed by atoms with E-state index >= 15 is 0 Å². The first-order valence-electron chi connectivity index (χ1n) is 6.20. The highest BCUT2D eigenvalue weighted by Crippen LogP contribution is 2.31. The quantitative estimate of drug-likeness (QED) is 0.743. The lowest BCUT2D eigenvalue weighted by molar-refractivity contribution is 0.726. The van der Waals surface area contributed by atoms with E-state index in [4.69, 9.17) is 0 Å². The van der Waals surface area contributed by atoms with Gasteiger partial charge in [0.05, 0.1) is 0 Å². The molecule has 0 N–H and O–H groups in total. The average Bonchev–Trinajstić information content (AvgIpc) is 2.66. The van der Waals surface area contributed by atoms with E-state index in [2.05, 4.69) is 28.2 Å². The van der Waals surface area contributed by atoms with Crippen molar-refractivity contribution in [2.45, 2.75) is 25.7 Å². The molecule has 1 aliphatic rings. The summed E-state index contributed by atoms with van der Waals surface area (Å²) < 4.78 is 0. The normalized spacial score (nSPS) is 16.4. The Morgan fingerprint density at radius 2 is 1.94 bits per heavy atom. The molecule has 0 radical (unpaired) electrons. The number of hydrogen-bond acceptors (Lipinski definition) is 3. The van der Waals surface area contributed by atoms with Gasteiger partial charge in [-0.1, -0.05) is 25.5 Å². The van der Waals surface area contributed by atoms with E-state index in [9.17, 15) is 0 Å². The van der Waals surface area contributed by atoms with Crippen molar-refractivity contribution in [2.75, 3.05) is 18.0 Å². The number of nitrogens with zero attached hydrogens (tertiary/aromatic N) is 3. The lowest BCUT2D eigenvalue weighted by atomic mass is 10.2. The molecule has 90 valence electrons. The number of aromatic nitrogens is 1. The topological polar surface area (TPSA) is 28.5 Å². The predicted molar refractivity (Wildman–Crippen MR) is 74.2 cm³/mol. The maximum absolute atomic E-state index is 4.47. The second kappa shape index (κ2) is 5.62. The zero-order chi connectivity index (χ0) is 12.1. The van der Waals surface area contributed by atoms with Crippen LogP contribution >= 0.6 is 0 Å². The third-order valence-corrected chi connectivity index (χ3v) is 3.22. The van der Waals surface area contributed by atoms with E-state index in [0.29, 0.717) is 0 Å². The van der Waals surface area contributed by atoms with E-state index < -0.39 is 0 Å². The van der Waals surface area contributed by atoms with Crippen LogP contribution in [0.15, 0.2) is 23.8 Å². The van der Waals surface area contributed by atoms with Gasteiger partial charge in [0.15, 0.2) is 5.82 Å². The van der Waals surface area contributed by atoms with Gasteiger partial charge in [-0.25, -0.2) is 4.98 Å². The molecule has 3 heteroatoms. The highest BCUT2D eigenvalue weighted by atomic mass is 15.2. The summed E-state index contributed by atoms with van der Waals surface area (Å²) in [7, 11) is 0. The molecular formula is C14H19N3. The molecule has 0 amide bonds. The number of anilines is 1. The zero-order valence-corrected chi connectivity index (χ0v) is 10.2. The van der Waals surface area contributed by atoms with Crippen LogP contribution in [0.5, 0.6) is 0 Å². The minimum absolute atomic E-state index is 0.865. The van der Waals surface area contributed by atoms with Gasteiger partial charge in [0.25, 0.3) is 0 Å². The number of pyridine rings is 1. The van der Waals surface area contributed by atoms with Crippen molar-refractivity contribution >= 4 is 24.3 Å². The van der Waals surface area contributed by atoms with Crippen molar-refractivity contribution in [3.63, 3.8) is 0 Å². The van der Waals surface area contributed by atoms with Crippen molar-refractivity contribution in [1.82, 2.24) is 4.98 Å². The van der Waals surface area contributed by atoms with E-state index in [1.165, 1.54) is 25.7 Å². The molecule has 0 spiro atoms. The van der Waals surface area contributed by atoms with Gasteiger partial charge in [0.2, 0.25) is 0 Å². The Bertz CT molecular complexity index is 404. The smallest absolute Gasteiger partial charge is 0.155 e. The third-order valence-electron chi connectivity index (χ3n) is 3.22. The van der Waals surface area contributed by atoms with Crippen molar-refractivity contribution in [1.29, 1.82) is 0 Å². The Labute approximate surface area is 103 Å². The molecule has 1 aliphatic heterocycles. The van der Waals surface area contributed by atoms with Gasteiger partial charge in [-0.05, 0) is 25.6 Å². The maximum Gasteiger partial charge on any atom is 0.155 e. The predicted octanol–water partition coefficient (Wildman–Crippen LogP) is 3.44. The van der Waals surface area contributed by atoms with E-state index in [0.717, 1.165) is 30.2 Å². The first kappa shape index (κ1) is 11.8. The van der Waals surface area contributed by atoms with Crippen LogP contribution in [0.4, 0.5) is 11.5 Å². The van der Waals surface area contributed by atoms with Gasteiger partial charge in [0, 0.05) is 24.8 Å². The summed E-state index contributed by atoms with van der Waals surface area (Å²) in [5.74, 6) is 0.958. The van der Waals surface area contributed by atoms with Gasteiger partial charge in [-0.2, -0.15) is 0 Å². The molecule has 0 unspecified atom stereocenters. The van der Waals surface area contributed by atoms with Crippen LogP contribution in [0.25, 0.3) is 6.08 Å². The molecule has 0 aromatic carbocycles. The standard InChI is InChI=1S/C14H19N3/c1-3-12-8-9-16-14(13(12)15-2)17-10-6-4-5-7-11-17/h3,8-9H,1-2,4-7,10-11H2. The fraction of sp³-hybridized carbons (Fsp3) is 0.429. The Balaban J connectivity index is 2.35. The SMILES string of the molecule is C=Cc1ccnc(N2CCCCCC2)c1N=C. The summed E-state index contributed by atoms with van der Waals surface area (Å²) in [6.07, 6.45) is 8.73. The van der Waals surface area contributed by atoms with Crippen molar-refractivity contribution in [2.24, 2.45) is 4.99 Å². The Morgan fingerprint density at radius 1 is 1.24 bits per heavy atom. The van der Waals surface area contributed by atoms with Gasteiger partial charge in [-0.15, -0.1) is 0 Å². The van der Waals surface area contributed by atoms with E-state index in [-0.39, 0.29) is 0 Å². The summed E-state index contributed by atoms with van der Waals surface area (Å²) in [5.41, 5.74) is 1.87. The Kier molecular flexibility index (Phi) is 3.91. The summed E-state index contributed by atoms with van der Waals surface area (Å²) in [5, 5.41) is 0. The minimum atomic E-state index is 0.865. The minimum Gasteiger partial charge on any atom is -0.355 e. The van der Waals surface area contributed by atoms with Crippen molar-refractivity contribution in [3.05, 3.63) is 24.4 Å². The van der Waals surface area contributed by atoms with E-state index in [1.54, 1.807) is 0 Å². The highest BCUT2D eigenvalue weighted by molar-refractivity contribution is 5.75. The average molecular weight is 229 g/mol. The van der Waals surface area contributed by atoms with Crippen molar-refractivity contribution < 1.29 is 0 Å². The summed E-state index contributed by atoms with van der Waals surface area (Å²) >= 11 is 0. The molecule has 3 nitrogen and oxygen atoms in total. The van der Waals surface area contributed by atoms with Gasteiger partial charge < -0.3 is 4.90 Å². The number of hydrogen-bond donors (Lipinski definition) is 0. The zero-order valence-electron chi connectivity index (χ0n) is 10.2. The van der Waals surface area contributed by atoms with Gasteiger partial charge in [0.1, 0.15) is 5.69 Å². The molecule has 1 saturated heterocycles. The molecule has 1 fully saturated rings. The molecule has 2 rings (SSSR count). The summed E-state index contributed by atoms with van der Waals surface area (Å²) in [4.78, 5) is 10.9. The molecule has 0 saturated carbocycles. The van der Waals surface area contributed by atoms with Crippen molar-refractivity contribution in [3.8, 4) is 0 Å². The third kappa shape index (κ3) is 2.54. The summed E-state index contributed by atoms with van der Waals surface area (Å²) in [6.45, 7) is 9.60. The fourth-order valence-electron chi connectivity index (χ4n) is 2.30. The van der Waals surface area contributed by atoms with Gasteiger partial charge >= 0.3 is 0 Å². The first-order chi connectivity index (χ1) is 8.36. The molecule has 2 heterocycles. The summed E-state index contributed by atoms with van der Waals surface area (Å²) in [6, 6.07) is 1.93. The van der Waals surface area contributed by atoms with Crippen LogP contribution in [0.3, 0.4) is 0 Å². The van der Waals surface area contributed by atoms with Gasteiger partial charge in [-0.3, -0.25) is 4.99 Å². The monoisotopic (exact) mass is 229 g/mol. The molecule has 17 heavy (non-hydrogen) atoms. The Morgan fingerprint density at radius 3 is 2.53 bits per heavy atom. The second-order valence-corrected chi connectivity index (χ2v) is 4.34. The second-order valence-electron chi connectivity index (χ2n) is 4.34. The van der Waals surface area contributed by atoms with Crippen LogP contribution in [0.2, 0.25) is 0 Å². The highest BCUT2D eigenvalue weighted by Gasteiger charge is 2.15. The lowest BCUT2D eigenvalue weighted by Gasteiger charge is -2.23. The van der Waals surface area contributed by atoms with Crippen LogP contribution in [-0.2, 0) is 0 Å². The molecule has 0 atom stereocenters. The maximum atomic E-state index is 4.47. The Hall–Kier alpha value is -1.64. The molecule has 0 bridgehead atoms. The number of aliphatic imine (C=N–C) groups is 1. The largest absolute Gasteiger partial charge is 0.355 e. The lowest BCUT2D eigenvalue weighted by Crippen LogP contribution is -2.25. The fourth-order valence-corrected chi connectivity index (χ4v) is 2.30. The molecule has 1 aromatic rings. The number of rotatable bonds is 3. The van der Waals surface area contributed by atoms with E-state index in [1.807, 2.05) is 18.3 Å². The van der Waals surface area contributed by atoms with Crippen LogP contribution in [-0.4, -0.2) is 24.8 Å². The molecule has 0 aliphatic carbocycles. The van der Waals surface area contributed by atoms with Crippen LogP contribution in [0, 0.1) is 0 Å². The van der Waals surface area contributed by atoms with Crippen LogP contribution in [0.1, 0.15) is 31.2 Å². The first-order valence-corrected chi connectivity index (χ1v) is 6.20. The molecular weight excluding hydrogens is 210 g/mol. The molecule has 1 aromatic heterocycles. The van der Waals surface area contributed by atoms with Crippen LogP contribution < -0.4 is 4.90 Å².